The maximum Gasteiger partial charge on any atom is 0.326 e. The molecule has 0 bridgehead atoms. The molecule has 10 heteroatoms. The Kier molecular flexibility index (Phi) is 4.92. The summed E-state index contributed by atoms with van der Waals surface area (Å²) < 4.78 is 33.2. The van der Waals surface area contributed by atoms with Crippen LogP contribution in [-0.4, -0.2) is 60.4 Å². The predicted molar refractivity (Wildman–Crippen MR) is 115 cm³/mol. The zero-order valence-corrected chi connectivity index (χ0v) is 17.6. The van der Waals surface area contributed by atoms with E-state index in [0.717, 1.165) is 25.3 Å². The van der Waals surface area contributed by atoms with Crippen LogP contribution in [0.15, 0.2) is 50.9 Å². The van der Waals surface area contributed by atoms with Gasteiger partial charge in [-0.05, 0) is 35.4 Å². The molecule has 2 N–H and O–H groups in total. The minimum Gasteiger partial charge on any atom is -0.493 e. The summed E-state index contributed by atoms with van der Waals surface area (Å²) in [5.41, 5.74) is 1.49. The molecule has 2 aliphatic rings. The van der Waals surface area contributed by atoms with E-state index in [2.05, 4.69) is 27.0 Å². The van der Waals surface area contributed by atoms with E-state index in [9.17, 15) is 18.0 Å². The third-order valence-electron chi connectivity index (χ3n) is 5.84. The third kappa shape index (κ3) is 3.78. The zero-order valence-electron chi connectivity index (χ0n) is 16.8. The molecule has 31 heavy (non-hydrogen) atoms. The maximum absolute atomic E-state index is 13.1. The van der Waals surface area contributed by atoms with Crippen LogP contribution >= 0.6 is 0 Å². The molecule has 0 spiro atoms. The van der Waals surface area contributed by atoms with Crippen molar-refractivity contribution in [1.29, 1.82) is 0 Å². The molecule has 1 saturated heterocycles. The molecule has 0 atom stereocenters. The summed E-state index contributed by atoms with van der Waals surface area (Å²) in [5.74, 6) is 0.956. The maximum atomic E-state index is 13.1. The summed E-state index contributed by atoms with van der Waals surface area (Å²) in [6.07, 6.45) is 0.928. The minimum absolute atomic E-state index is 0.0459. The average Bonchev–Trinajstić information content (AvgIpc) is 3.22. The van der Waals surface area contributed by atoms with Gasteiger partial charge in [0.2, 0.25) is 10.0 Å². The van der Waals surface area contributed by atoms with Gasteiger partial charge in [0, 0.05) is 39.1 Å². The van der Waals surface area contributed by atoms with Gasteiger partial charge in [-0.1, -0.05) is 12.1 Å². The monoisotopic (exact) mass is 442 g/mol. The molecule has 3 aromatic rings. The van der Waals surface area contributed by atoms with Gasteiger partial charge in [-0.15, -0.1) is 0 Å². The number of piperazine rings is 1. The quantitative estimate of drug-likeness (QED) is 0.613. The van der Waals surface area contributed by atoms with E-state index in [1.54, 1.807) is 0 Å². The number of rotatable bonds is 4. The van der Waals surface area contributed by atoms with Crippen molar-refractivity contribution in [3.8, 4) is 5.75 Å². The fourth-order valence-corrected chi connectivity index (χ4v) is 5.63. The van der Waals surface area contributed by atoms with Crippen molar-refractivity contribution in [3.05, 3.63) is 68.4 Å². The Hall–Kier alpha value is -2.95. The fraction of sp³-hybridized carbons (Fsp3) is 0.333. The number of fused-ring (bicyclic) bond motifs is 2. The molecular formula is C21H22N4O5S. The third-order valence-corrected chi connectivity index (χ3v) is 7.73. The number of aromatic amines is 2. The van der Waals surface area contributed by atoms with Crippen molar-refractivity contribution in [1.82, 2.24) is 19.2 Å². The first kappa shape index (κ1) is 20.0. The highest BCUT2D eigenvalue weighted by atomic mass is 32.2. The Bertz CT molecular complexity index is 1370. The van der Waals surface area contributed by atoms with Gasteiger partial charge < -0.3 is 9.72 Å². The molecule has 162 valence electrons. The van der Waals surface area contributed by atoms with Crippen LogP contribution in [0, 0.1) is 0 Å². The molecule has 9 nitrogen and oxygen atoms in total. The predicted octanol–water partition coefficient (Wildman–Crippen LogP) is 0.658. The molecular weight excluding hydrogens is 420 g/mol. The SMILES string of the molecule is O=c1[nH]c(=O)c2cc(S(=O)(=O)N3CCN(Cc4ccc5c(c4)CCO5)CC3)ccc2[nH]1. The van der Waals surface area contributed by atoms with E-state index >= 15 is 0 Å². The van der Waals surface area contributed by atoms with E-state index in [1.807, 2.05) is 6.07 Å². The molecule has 0 saturated carbocycles. The molecule has 0 radical (unpaired) electrons. The van der Waals surface area contributed by atoms with E-state index in [-0.39, 0.29) is 10.3 Å². The van der Waals surface area contributed by atoms with Gasteiger partial charge in [0.05, 0.1) is 22.4 Å². The second-order valence-electron chi connectivity index (χ2n) is 7.84. The number of benzene rings is 2. The van der Waals surface area contributed by atoms with Gasteiger partial charge in [-0.3, -0.25) is 14.7 Å². The molecule has 0 amide bonds. The highest BCUT2D eigenvalue weighted by Gasteiger charge is 2.29. The first-order chi connectivity index (χ1) is 14.9. The van der Waals surface area contributed by atoms with Gasteiger partial charge in [0.15, 0.2) is 0 Å². The van der Waals surface area contributed by atoms with Crippen molar-refractivity contribution < 1.29 is 13.2 Å². The Morgan fingerprint density at radius 2 is 1.77 bits per heavy atom. The standard InChI is InChI=1S/C21H22N4O5S/c26-20-17-12-16(2-3-18(17)22-21(27)23-20)31(28,29)25-8-6-24(7-9-25)13-14-1-4-19-15(11-14)5-10-30-19/h1-4,11-12H,5-10,13H2,(H2,22,23,26,27). The molecule has 2 aromatic carbocycles. The Balaban J connectivity index is 1.30. The first-order valence-corrected chi connectivity index (χ1v) is 11.6. The number of ether oxygens (including phenoxy) is 1. The van der Waals surface area contributed by atoms with Gasteiger partial charge in [-0.25, -0.2) is 13.2 Å². The molecule has 0 unspecified atom stereocenters. The van der Waals surface area contributed by atoms with Crippen LogP contribution in [-0.2, 0) is 23.0 Å². The summed E-state index contributed by atoms with van der Waals surface area (Å²) in [6, 6.07) is 10.4. The highest BCUT2D eigenvalue weighted by Crippen LogP contribution is 2.27. The van der Waals surface area contributed by atoms with Crippen molar-refractivity contribution in [2.24, 2.45) is 0 Å². The van der Waals surface area contributed by atoms with Crippen LogP contribution in [0.25, 0.3) is 10.9 Å². The molecule has 2 aliphatic heterocycles. The number of H-pyrrole nitrogens is 2. The van der Waals surface area contributed by atoms with Crippen LogP contribution in [0.1, 0.15) is 11.1 Å². The normalized spacial score (nSPS) is 17.5. The van der Waals surface area contributed by atoms with Crippen LogP contribution in [0.4, 0.5) is 0 Å². The van der Waals surface area contributed by atoms with E-state index in [1.165, 1.54) is 33.6 Å². The lowest BCUT2D eigenvalue weighted by molar-refractivity contribution is 0.181. The van der Waals surface area contributed by atoms with Gasteiger partial charge in [0.1, 0.15) is 5.75 Å². The lowest BCUT2D eigenvalue weighted by atomic mass is 10.1. The Labute approximate surface area is 178 Å². The number of hydrogen-bond donors (Lipinski definition) is 2. The molecule has 3 heterocycles. The smallest absolute Gasteiger partial charge is 0.326 e. The van der Waals surface area contributed by atoms with Crippen molar-refractivity contribution in [2.75, 3.05) is 32.8 Å². The number of sulfonamides is 1. The van der Waals surface area contributed by atoms with Gasteiger partial charge in [0.25, 0.3) is 5.56 Å². The summed E-state index contributed by atoms with van der Waals surface area (Å²) >= 11 is 0. The van der Waals surface area contributed by atoms with Gasteiger partial charge in [-0.2, -0.15) is 4.31 Å². The summed E-state index contributed by atoms with van der Waals surface area (Å²) in [6.45, 7) is 3.47. The van der Waals surface area contributed by atoms with E-state index in [0.29, 0.717) is 31.7 Å². The first-order valence-electron chi connectivity index (χ1n) is 10.1. The molecule has 5 rings (SSSR count). The second-order valence-corrected chi connectivity index (χ2v) is 9.77. The summed E-state index contributed by atoms with van der Waals surface area (Å²) in [7, 11) is -3.74. The van der Waals surface area contributed by atoms with E-state index < -0.39 is 21.3 Å². The van der Waals surface area contributed by atoms with Crippen LogP contribution < -0.4 is 16.0 Å². The summed E-state index contributed by atoms with van der Waals surface area (Å²) in [4.78, 5) is 30.4. The zero-order chi connectivity index (χ0) is 21.6. The number of hydrogen-bond acceptors (Lipinski definition) is 6. The largest absolute Gasteiger partial charge is 0.493 e. The lowest BCUT2D eigenvalue weighted by Crippen LogP contribution is -2.48. The lowest BCUT2D eigenvalue weighted by Gasteiger charge is -2.34. The topological polar surface area (TPSA) is 116 Å². The summed E-state index contributed by atoms with van der Waals surface area (Å²) in [5, 5.41) is 0.139. The molecule has 1 fully saturated rings. The van der Waals surface area contributed by atoms with Crippen molar-refractivity contribution >= 4 is 20.9 Å². The van der Waals surface area contributed by atoms with Crippen LogP contribution in [0.5, 0.6) is 5.75 Å². The van der Waals surface area contributed by atoms with Crippen LogP contribution in [0.2, 0.25) is 0 Å². The Morgan fingerprint density at radius 1 is 0.968 bits per heavy atom. The van der Waals surface area contributed by atoms with Crippen molar-refractivity contribution in [2.45, 2.75) is 17.9 Å². The second kappa shape index (κ2) is 7.63. The van der Waals surface area contributed by atoms with Gasteiger partial charge >= 0.3 is 5.69 Å². The highest BCUT2D eigenvalue weighted by molar-refractivity contribution is 7.89. The number of nitrogens with one attached hydrogen (secondary N) is 2. The molecule has 0 aliphatic carbocycles. The van der Waals surface area contributed by atoms with Crippen LogP contribution in [0.3, 0.4) is 0 Å². The number of nitrogens with zero attached hydrogens (tertiary/aromatic N) is 2. The fourth-order valence-electron chi connectivity index (χ4n) is 4.18. The Morgan fingerprint density at radius 3 is 2.58 bits per heavy atom. The average molecular weight is 442 g/mol. The van der Waals surface area contributed by atoms with E-state index in [4.69, 9.17) is 4.74 Å². The van der Waals surface area contributed by atoms with Crippen molar-refractivity contribution in [3.63, 3.8) is 0 Å². The molecule has 1 aromatic heterocycles. The number of aromatic nitrogens is 2. The minimum atomic E-state index is -3.74.